The van der Waals surface area contributed by atoms with Crippen LogP contribution in [0.15, 0.2) is 153 Å². The number of aliphatic hydroxyl groups excluding tert-OH is 4. The monoisotopic (exact) mass is 1790 g/mol. The van der Waals surface area contributed by atoms with Gasteiger partial charge in [-0.3, -0.25) is 58.1 Å². The van der Waals surface area contributed by atoms with Crippen LogP contribution in [-0.4, -0.2) is 286 Å². The Hall–Kier alpha value is -10.8. The molecular formula is C100H142N18O12. The molecule has 704 valence electrons. The van der Waals surface area contributed by atoms with Crippen LogP contribution in [0.2, 0.25) is 0 Å². The Balaban J connectivity index is 0.000000212. The molecule has 0 bridgehead atoms. The Kier molecular flexibility index (Phi) is 42.1. The minimum absolute atomic E-state index is 0. The molecule has 7 amide bonds. The second kappa shape index (κ2) is 52.3. The lowest BCUT2D eigenvalue weighted by Crippen LogP contribution is -2.49. The predicted molar refractivity (Wildman–Crippen MR) is 504 cm³/mol. The van der Waals surface area contributed by atoms with Crippen molar-refractivity contribution in [3.05, 3.63) is 243 Å². The predicted octanol–water partition coefficient (Wildman–Crippen LogP) is 8.10. The number of carbonyl (C=O) groups excluding carboxylic acids is 7. The number of ether oxygens (including phenoxy) is 1. The number of nitrogens with zero attached hydrogens (tertiary/aromatic N) is 14. The summed E-state index contributed by atoms with van der Waals surface area (Å²) in [5, 5.41) is 52.9. The third-order valence-electron chi connectivity index (χ3n) is 24.9. The lowest BCUT2D eigenvalue weighted by Gasteiger charge is -2.38. The van der Waals surface area contributed by atoms with Crippen LogP contribution in [0.1, 0.15) is 193 Å². The van der Waals surface area contributed by atoms with Crippen LogP contribution in [0, 0.1) is 23.7 Å². The molecule has 12 heterocycles. The van der Waals surface area contributed by atoms with Crippen LogP contribution in [-0.2, 0) is 96.7 Å². The molecule has 130 heavy (non-hydrogen) atoms. The molecule has 8 aliphatic heterocycles. The van der Waals surface area contributed by atoms with E-state index < -0.39 is 24.4 Å². The number of hydrogen-bond donors (Lipinski definition) is 8. The topological polar surface area (TPSA) is 371 Å². The van der Waals surface area contributed by atoms with Gasteiger partial charge in [0.15, 0.2) is 0 Å². The molecule has 0 saturated carbocycles. The van der Waals surface area contributed by atoms with Crippen LogP contribution in [0.5, 0.6) is 0 Å². The normalized spacial score (nSPS) is 17.2. The number of benzene rings is 4. The zero-order valence-corrected chi connectivity index (χ0v) is 72.3. The highest BCUT2D eigenvalue weighted by Gasteiger charge is 2.32. The van der Waals surface area contributed by atoms with E-state index in [4.69, 9.17) is 4.74 Å². The summed E-state index contributed by atoms with van der Waals surface area (Å²) >= 11 is 0. The average Bonchev–Trinajstić information content (AvgIpc) is 0.758. The average molecular weight is 1790 g/mol. The summed E-state index contributed by atoms with van der Waals surface area (Å²) in [4.78, 5) is 128. The van der Waals surface area contributed by atoms with E-state index in [0.29, 0.717) is 78.9 Å². The molecule has 0 unspecified atom stereocenters. The van der Waals surface area contributed by atoms with Gasteiger partial charge in [-0.25, -0.2) is 29.9 Å². The molecule has 8 aliphatic rings. The van der Waals surface area contributed by atoms with Gasteiger partial charge < -0.3 is 61.1 Å². The van der Waals surface area contributed by atoms with Crippen LogP contribution in [0.3, 0.4) is 0 Å². The van der Waals surface area contributed by atoms with E-state index in [-0.39, 0.29) is 105 Å². The van der Waals surface area contributed by atoms with Gasteiger partial charge in [-0.05, 0) is 170 Å². The van der Waals surface area contributed by atoms with E-state index >= 15 is 0 Å². The number of pyridine rings is 1. The fourth-order valence-corrected chi connectivity index (χ4v) is 17.6. The third kappa shape index (κ3) is 31.8. The SMILES string of the molecule is C.C.C.C.C.CC(=O)N1CC(Cc2cc(C(=O)NC[C@H](O)CN3CCc4ccccc4C3)ncn2)C1.CC(=O)N1CCC(Cc2cc(C(=O)NC[C@H](O)CN3CCc4ccccc4C3)ccn2)CC1.CC(=O)N1CCC(Cc2cc(C(=O)NC[C@H](O)CN3CCc4ccccc4C3)ncn2)CC1.O=C(NC[C@H](O)CN1CCc2ccccc2C1)c1cc(CC2COC2)ncn1. The highest BCUT2D eigenvalue weighted by molar-refractivity contribution is 5.94. The maximum Gasteiger partial charge on any atom is 0.270 e. The van der Waals surface area contributed by atoms with Crippen LogP contribution < -0.4 is 21.3 Å². The Morgan fingerprint density at radius 2 is 0.631 bits per heavy atom. The second-order valence-corrected chi connectivity index (χ2v) is 34.6. The number of β-amino-alcohol motifs (C(OH)–C–C–N with tert-alkyl or cyclic N) is 4. The highest BCUT2D eigenvalue weighted by Crippen LogP contribution is 2.28. The first-order valence-electron chi connectivity index (χ1n) is 44.3. The Bertz CT molecular complexity index is 4770. The molecule has 0 aliphatic carbocycles. The van der Waals surface area contributed by atoms with Gasteiger partial charge in [-0.2, -0.15) is 0 Å². The second-order valence-electron chi connectivity index (χ2n) is 34.6. The molecule has 4 atom stereocenters. The summed E-state index contributed by atoms with van der Waals surface area (Å²) in [5.41, 5.74) is 15.7. The van der Waals surface area contributed by atoms with Gasteiger partial charge in [0.25, 0.3) is 23.6 Å². The van der Waals surface area contributed by atoms with Crippen molar-refractivity contribution in [1.29, 1.82) is 0 Å². The molecular weight excluding hydrogens is 1650 g/mol. The van der Waals surface area contributed by atoms with E-state index in [2.05, 4.69) is 155 Å². The minimum Gasteiger partial charge on any atom is -0.390 e. The first-order valence-corrected chi connectivity index (χ1v) is 44.3. The van der Waals surface area contributed by atoms with E-state index in [1.165, 1.54) is 63.5 Å². The smallest absolute Gasteiger partial charge is 0.270 e. The summed E-state index contributed by atoms with van der Waals surface area (Å²) in [7, 11) is 0. The number of piperidine rings is 2. The third-order valence-corrected chi connectivity index (χ3v) is 24.9. The number of nitrogens with one attached hydrogen (secondary N) is 4. The maximum atomic E-state index is 12.7. The van der Waals surface area contributed by atoms with E-state index in [0.717, 1.165) is 198 Å². The quantitative estimate of drug-likeness (QED) is 0.0229. The molecule has 4 saturated heterocycles. The van der Waals surface area contributed by atoms with Crippen LogP contribution in [0.4, 0.5) is 0 Å². The first kappa shape index (κ1) is 105. The number of rotatable bonds is 28. The van der Waals surface area contributed by atoms with Crippen molar-refractivity contribution in [2.75, 3.05) is 131 Å². The fraction of sp³-hybridized carbons (Fsp3) is 0.520. The van der Waals surface area contributed by atoms with E-state index in [9.17, 15) is 54.0 Å². The van der Waals surface area contributed by atoms with Crippen molar-refractivity contribution in [3.63, 3.8) is 0 Å². The summed E-state index contributed by atoms with van der Waals surface area (Å²) in [6.45, 7) is 20.7. The summed E-state index contributed by atoms with van der Waals surface area (Å²) in [6.07, 6.45) is 14.2. The molecule has 30 nitrogen and oxygen atoms in total. The number of likely N-dealkylation sites (tertiary alicyclic amines) is 3. The van der Waals surface area contributed by atoms with Crippen molar-refractivity contribution < 1.29 is 58.7 Å². The molecule has 8 N–H and O–H groups in total. The number of fused-ring (bicyclic) bond motifs is 4. The molecule has 4 aromatic heterocycles. The van der Waals surface area contributed by atoms with Crippen molar-refractivity contribution in [3.8, 4) is 0 Å². The van der Waals surface area contributed by atoms with Crippen LogP contribution in [0.25, 0.3) is 0 Å². The van der Waals surface area contributed by atoms with Crippen molar-refractivity contribution in [2.24, 2.45) is 23.7 Å². The van der Waals surface area contributed by atoms with Crippen molar-refractivity contribution in [1.82, 2.24) is 90.5 Å². The largest absolute Gasteiger partial charge is 0.390 e. The summed E-state index contributed by atoms with van der Waals surface area (Å²) < 4.78 is 5.18. The van der Waals surface area contributed by atoms with E-state index in [1.807, 2.05) is 34.1 Å². The number of aliphatic hydroxyl groups is 4. The number of aromatic nitrogens is 7. The lowest BCUT2D eigenvalue weighted by molar-refractivity contribution is -0.135. The minimum atomic E-state index is -0.650. The van der Waals surface area contributed by atoms with Gasteiger partial charge in [0.1, 0.15) is 36.1 Å². The van der Waals surface area contributed by atoms with Gasteiger partial charge in [-0.1, -0.05) is 134 Å². The first-order chi connectivity index (χ1) is 60.6. The molecule has 30 heteroatoms. The molecule has 8 aromatic rings. The van der Waals surface area contributed by atoms with Gasteiger partial charge in [0.2, 0.25) is 17.7 Å². The highest BCUT2D eigenvalue weighted by atomic mass is 16.5. The maximum absolute atomic E-state index is 12.7. The molecule has 0 radical (unpaired) electrons. The number of amides is 7. The van der Waals surface area contributed by atoms with E-state index in [1.54, 1.807) is 56.1 Å². The summed E-state index contributed by atoms with van der Waals surface area (Å²) in [5.74, 6) is 1.04. The molecule has 0 spiro atoms. The number of hydrogen-bond acceptors (Lipinski definition) is 23. The Morgan fingerprint density at radius 1 is 0.346 bits per heavy atom. The van der Waals surface area contributed by atoms with Crippen LogP contribution >= 0.6 is 0 Å². The zero-order chi connectivity index (χ0) is 87.6. The van der Waals surface area contributed by atoms with Gasteiger partial charge in [0, 0.05) is 205 Å². The van der Waals surface area contributed by atoms with Crippen molar-refractivity contribution >= 4 is 41.4 Å². The Morgan fingerprint density at radius 3 is 0.931 bits per heavy atom. The fourth-order valence-electron chi connectivity index (χ4n) is 17.6. The van der Waals surface area contributed by atoms with Crippen molar-refractivity contribution in [2.45, 2.75) is 186 Å². The lowest BCUT2D eigenvalue weighted by atomic mass is 9.91. The van der Waals surface area contributed by atoms with Gasteiger partial charge >= 0.3 is 0 Å². The zero-order valence-electron chi connectivity index (χ0n) is 72.3. The molecule has 16 rings (SSSR count). The standard InChI is InChI=1S/C26H34N4O3.C25H33N5O3.C23H29N5O3.C21H26N4O3.5CH4/c1-19(31)30-12-7-20(8-13-30)14-24-15-22(6-10-27-24)26(33)28-16-25(32)18-29-11-9-21-4-2-3-5-23(21)17-29;1-18(31)30-10-6-19(7-11-30)12-22-13-24(28-17-27-22)25(33)26-14-23(32)16-29-9-8-20-4-2-3-5-21(20)15-29;1-16(29)28-11-17(12-28)8-20-9-22(26-15-25-20)23(31)24-10-21(30)14-27-7-6-18-4-2-3-5-19(18)13-27;26-19(11-25-6-5-16-3-1-2-4-17(16)10-25)9-22-21(27)20-8-18(23-14-24-20)7-15-12-28-13-15;;;;;/h2-6,10,15,20,25,32H,7-9,11-14,16-18H2,1H3,(H,28,33);2-5,13,17,19,23,32H,6-12,14-16H2,1H3,(H,26,33);2-5,9,15,17,21,30H,6-8,10-14H2,1H3,(H,24,31);1-4,8,14-15,19,26H,5-7,9-13H2,(H,22,27);5*1H4/t25-;23-;21-;19-;;;;;/m0000...../s1. The number of carbonyl (C=O) groups is 7. The summed E-state index contributed by atoms with van der Waals surface area (Å²) in [6, 6.07) is 42.4. The molecule has 4 aromatic carbocycles. The van der Waals surface area contributed by atoms with Gasteiger partial charge in [-0.15, -0.1) is 0 Å². The Labute approximate surface area is 769 Å². The van der Waals surface area contributed by atoms with Gasteiger partial charge in [0.05, 0.1) is 37.6 Å². The molecule has 4 fully saturated rings.